The second-order valence-electron chi connectivity index (χ2n) is 5.92. The van der Waals surface area contributed by atoms with Crippen LogP contribution in [0.1, 0.15) is 20.3 Å². The molecule has 0 saturated heterocycles. The zero-order chi connectivity index (χ0) is 16.5. The van der Waals surface area contributed by atoms with Gasteiger partial charge in [0.1, 0.15) is 5.75 Å². The summed E-state index contributed by atoms with van der Waals surface area (Å²) in [6, 6.07) is 15.8. The van der Waals surface area contributed by atoms with Crippen LogP contribution in [0.3, 0.4) is 0 Å². The van der Waals surface area contributed by atoms with Crippen LogP contribution in [-0.4, -0.2) is 19.7 Å². The lowest BCUT2D eigenvalue weighted by Gasteiger charge is -2.11. The molecule has 0 aromatic heterocycles. The summed E-state index contributed by atoms with van der Waals surface area (Å²) in [4.78, 5) is 0. The standard InChI is InChI=1S/C19H25ClN2O/c1-15(2)10-13-23-19-5-3-4-18(14-19)22-12-11-21-17-8-6-16(20)7-9-17/h3-9,14-15,21-22H,10-13H2,1-2H3. The maximum absolute atomic E-state index is 5.87. The predicted molar refractivity (Wildman–Crippen MR) is 99.8 cm³/mol. The molecule has 3 nitrogen and oxygen atoms in total. The summed E-state index contributed by atoms with van der Waals surface area (Å²) in [7, 11) is 0. The van der Waals surface area contributed by atoms with Crippen LogP contribution in [0.25, 0.3) is 0 Å². The minimum absolute atomic E-state index is 0.662. The van der Waals surface area contributed by atoms with Crippen molar-refractivity contribution < 1.29 is 4.74 Å². The second-order valence-corrected chi connectivity index (χ2v) is 6.36. The van der Waals surface area contributed by atoms with E-state index in [1.54, 1.807) is 0 Å². The zero-order valence-electron chi connectivity index (χ0n) is 13.8. The van der Waals surface area contributed by atoms with Crippen molar-refractivity contribution in [1.82, 2.24) is 0 Å². The molecule has 0 saturated carbocycles. The van der Waals surface area contributed by atoms with Gasteiger partial charge in [-0.2, -0.15) is 0 Å². The summed E-state index contributed by atoms with van der Waals surface area (Å²) in [5.74, 6) is 1.58. The van der Waals surface area contributed by atoms with Crippen LogP contribution in [0.2, 0.25) is 5.02 Å². The molecule has 0 atom stereocenters. The van der Waals surface area contributed by atoms with E-state index in [0.29, 0.717) is 5.92 Å². The van der Waals surface area contributed by atoms with Crippen molar-refractivity contribution in [2.45, 2.75) is 20.3 Å². The number of ether oxygens (including phenoxy) is 1. The van der Waals surface area contributed by atoms with Gasteiger partial charge >= 0.3 is 0 Å². The first-order valence-corrected chi connectivity index (χ1v) is 8.47. The van der Waals surface area contributed by atoms with Gasteiger partial charge in [0.05, 0.1) is 6.61 Å². The molecule has 2 N–H and O–H groups in total. The highest BCUT2D eigenvalue weighted by Gasteiger charge is 1.99. The van der Waals surface area contributed by atoms with Crippen molar-refractivity contribution in [1.29, 1.82) is 0 Å². The SMILES string of the molecule is CC(C)CCOc1cccc(NCCNc2ccc(Cl)cc2)c1. The number of nitrogens with one attached hydrogen (secondary N) is 2. The molecule has 0 amide bonds. The molecule has 0 bridgehead atoms. The van der Waals surface area contributed by atoms with E-state index in [9.17, 15) is 0 Å². The molecule has 2 aromatic rings. The molecule has 0 heterocycles. The van der Waals surface area contributed by atoms with E-state index in [4.69, 9.17) is 16.3 Å². The molecule has 4 heteroatoms. The van der Waals surface area contributed by atoms with Crippen LogP contribution in [0.4, 0.5) is 11.4 Å². The smallest absolute Gasteiger partial charge is 0.121 e. The maximum atomic E-state index is 5.87. The summed E-state index contributed by atoms with van der Waals surface area (Å²) in [5.41, 5.74) is 2.15. The summed E-state index contributed by atoms with van der Waals surface area (Å²) in [5, 5.41) is 7.50. The molecule has 2 aromatic carbocycles. The molecule has 0 aliphatic rings. The van der Waals surface area contributed by atoms with Gasteiger partial charge in [0.15, 0.2) is 0 Å². The Hall–Kier alpha value is -1.87. The van der Waals surface area contributed by atoms with E-state index >= 15 is 0 Å². The van der Waals surface area contributed by atoms with E-state index in [1.807, 2.05) is 42.5 Å². The van der Waals surface area contributed by atoms with E-state index < -0.39 is 0 Å². The molecule has 0 spiro atoms. The van der Waals surface area contributed by atoms with Gasteiger partial charge in [0.25, 0.3) is 0 Å². The van der Waals surface area contributed by atoms with Crippen molar-refractivity contribution in [2.24, 2.45) is 5.92 Å². The topological polar surface area (TPSA) is 33.3 Å². The van der Waals surface area contributed by atoms with Crippen LogP contribution in [0, 0.1) is 5.92 Å². The Morgan fingerprint density at radius 3 is 2.35 bits per heavy atom. The van der Waals surface area contributed by atoms with Crippen LogP contribution < -0.4 is 15.4 Å². The van der Waals surface area contributed by atoms with Crippen molar-refractivity contribution in [2.75, 3.05) is 30.3 Å². The van der Waals surface area contributed by atoms with E-state index in [0.717, 1.165) is 48.3 Å². The van der Waals surface area contributed by atoms with Gasteiger partial charge in [-0.05, 0) is 48.7 Å². The zero-order valence-corrected chi connectivity index (χ0v) is 14.6. The van der Waals surface area contributed by atoms with Crippen LogP contribution in [0.5, 0.6) is 5.75 Å². The number of benzene rings is 2. The molecular weight excluding hydrogens is 308 g/mol. The first kappa shape index (κ1) is 17.5. The highest BCUT2D eigenvalue weighted by Crippen LogP contribution is 2.18. The lowest BCUT2D eigenvalue weighted by molar-refractivity contribution is 0.289. The van der Waals surface area contributed by atoms with Crippen LogP contribution >= 0.6 is 11.6 Å². The Labute approximate surface area is 144 Å². The Morgan fingerprint density at radius 2 is 1.65 bits per heavy atom. The fourth-order valence-electron chi connectivity index (χ4n) is 2.09. The maximum Gasteiger partial charge on any atom is 0.121 e. The molecule has 124 valence electrons. The lowest BCUT2D eigenvalue weighted by Crippen LogP contribution is -2.13. The number of halogens is 1. The van der Waals surface area contributed by atoms with Gasteiger partial charge in [-0.1, -0.05) is 31.5 Å². The Morgan fingerprint density at radius 1 is 0.957 bits per heavy atom. The van der Waals surface area contributed by atoms with Crippen molar-refractivity contribution in [3.8, 4) is 5.75 Å². The van der Waals surface area contributed by atoms with E-state index in [2.05, 4.69) is 30.5 Å². The normalized spacial score (nSPS) is 10.6. The number of anilines is 2. The monoisotopic (exact) mass is 332 g/mol. The average Bonchev–Trinajstić information content (AvgIpc) is 2.53. The fraction of sp³-hybridized carbons (Fsp3) is 0.368. The summed E-state index contributed by atoms with van der Waals surface area (Å²) >= 11 is 5.87. The van der Waals surface area contributed by atoms with Gasteiger partial charge < -0.3 is 15.4 Å². The molecule has 0 unspecified atom stereocenters. The quantitative estimate of drug-likeness (QED) is 0.612. The van der Waals surface area contributed by atoms with Gasteiger partial charge in [-0.15, -0.1) is 0 Å². The molecule has 0 radical (unpaired) electrons. The first-order chi connectivity index (χ1) is 11.1. The highest BCUT2D eigenvalue weighted by molar-refractivity contribution is 6.30. The largest absolute Gasteiger partial charge is 0.494 e. The summed E-state index contributed by atoms with van der Waals surface area (Å²) < 4.78 is 5.78. The molecule has 2 rings (SSSR count). The molecular formula is C19H25ClN2O. The summed E-state index contributed by atoms with van der Waals surface area (Å²) in [6.07, 6.45) is 1.07. The predicted octanol–water partition coefficient (Wildman–Crippen LogP) is 5.29. The van der Waals surface area contributed by atoms with Crippen LogP contribution in [0.15, 0.2) is 48.5 Å². The van der Waals surface area contributed by atoms with Gasteiger partial charge in [-0.3, -0.25) is 0 Å². The summed E-state index contributed by atoms with van der Waals surface area (Å²) in [6.45, 7) is 6.83. The minimum atomic E-state index is 0.662. The Bertz CT molecular complexity index is 584. The Balaban J connectivity index is 1.71. The lowest BCUT2D eigenvalue weighted by atomic mass is 10.1. The van der Waals surface area contributed by atoms with E-state index in [1.165, 1.54) is 0 Å². The highest BCUT2D eigenvalue weighted by atomic mass is 35.5. The van der Waals surface area contributed by atoms with Crippen molar-refractivity contribution in [3.05, 3.63) is 53.6 Å². The van der Waals surface area contributed by atoms with Gasteiger partial charge in [0.2, 0.25) is 0 Å². The van der Waals surface area contributed by atoms with E-state index in [-0.39, 0.29) is 0 Å². The third kappa shape index (κ3) is 6.83. The molecule has 23 heavy (non-hydrogen) atoms. The van der Waals surface area contributed by atoms with Crippen LogP contribution in [-0.2, 0) is 0 Å². The third-order valence-corrected chi connectivity index (χ3v) is 3.68. The second kappa shape index (κ2) is 9.31. The molecule has 0 fully saturated rings. The number of hydrogen-bond donors (Lipinski definition) is 2. The third-order valence-electron chi connectivity index (χ3n) is 3.43. The van der Waals surface area contributed by atoms with Gasteiger partial charge in [0, 0.05) is 35.6 Å². The minimum Gasteiger partial charge on any atom is -0.494 e. The number of rotatable bonds is 9. The number of hydrogen-bond acceptors (Lipinski definition) is 3. The van der Waals surface area contributed by atoms with Gasteiger partial charge in [-0.25, -0.2) is 0 Å². The first-order valence-electron chi connectivity index (χ1n) is 8.09. The average molecular weight is 333 g/mol. The van der Waals surface area contributed by atoms with Crippen molar-refractivity contribution in [3.63, 3.8) is 0 Å². The van der Waals surface area contributed by atoms with Crippen molar-refractivity contribution >= 4 is 23.0 Å². The molecule has 0 aliphatic carbocycles. The Kier molecular flexibility index (Phi) is 7.08. The molecule has 0 aliphatic heterocycles. The fourth-order valence-corrected chi connectivity index (χ4v) is 2.22.